The molecule has 2 N–H and O–H groups in total. The molecule has 1 aromatic heterocycles. The highest BCUT2D eigenvalue weighted by Crippen LogP contribution is 2.34. The van der Waals surface area contributed by atoms with Crippen molar-refractivity contribution in [2.45, 2.75) is 6.54 Å². The normalized spacial score (nSPS) is 11.2. The number of halogens is 1. The van der Waals surface area contributed by atoms with Crippen molar-refractivity contribution in [1.82, 2.24) is 4.57 Å². The molecule has 5 rings (SSSR count). The molecule has 0 unspecified atom stereocenters. The molecule has 0 saturated carbocycles. The Labute approximate surface area is 189 Å². The summed E-state index contributed by atoms with van der Waals surface area (Å²) in [6.45, 7) is 0.422. The second-order valence-electron chi connectivity index (χ2n) is 7.58. The molecule has 0 bridgehead atoms. The van der Waals surface area contributed by atoms with Gasteiger partial charge in [0.15, 0.2) is 5.78 Å². The number of hydrogen-bond donors (Lipinski definition) is 1. The Hall–Kier alpha value is -3.89. The highest BCUT2D eigenvalue weighted by molar-refractivity contribution is 6.31. The summed E-state index contributed by atoms with van der Waals surface area (Å²) in [5.41, 5.74) is 9.87. The van der Waals surface area contributed by atoms with Crippen molar-refractivity contribution in [2.75, 3.05) is 0 Å². The molecule has 5 heteroatoms. The van der Waals surface area contributed by atoms with Gasteiger partial charge in [0.05, 0.1) is 11.0 Å². The molecular formula is C27H18ClN2O2. The largest absolute Gasteiger partial charge is 0.366 e. The fraction of sp³-hybridized carbons (Fsp3) is 0.0370. The molecule has 0 fully saturated rings. The maximum atomic E-state index is 13.2. The average molecular weight is 438 g/mol. The summed E-state index contributed by atoms with van der Waals surface area (Å²) in [7, 11) is 0. The van der Waals surface area contributed by atoms with Crippen molar-refractivity contribution >= 4 is 45.1 Å². The number of hydrogen-bond acceptors (Lipinski definition) is 2. The molecule has 0 spiro atoms. The molecule has 0 atom stereocenters. The number of fused-ring (bicyclic) bond motifs is 3. The Kier molecular flexibility index (Phi) is 5.00. The minimum Gasteiger partial charge on any atom is -0.366 e. The number of amides is 1. The van der Waals surface area contributed by atoms with E-state index in [2.05, 4.69) is 10.6 Å². The summed E-state index contributed by atoms with van der Waals surface area (Å²) in [5, 5.41) is 2.04. The summed E-state index contributed by atoms with van der Waals surface area (Å²) in [6.07, 6.45) is 0. The highest BCUT2D eigenvalue weighted by atomic mass is 35.5. The second-order valence-corrected chi connectivity index (χ2v) is 8.02. The fourth-order valence-electron chi connectivity index (χ4n) is 4.20. The number of carbonyl (C=O) groups excluding carboxylic acids is 2. The van der Waals surface area contributed by atoms with Gasteiger partial charge in [0.2, 0.25) is 5.91 Å². The van der Waals surface area contributed by atoms with E-state index in [1.54, 1.807) is 18.2 Å². The van der Waals surface area contributed by atoms with E-state index in [1.807, 2.05) is 66.7 Å². The summed E-state index contributed by atoms with van der Waals surface area (Å²) >= 11 is 6.29. The molecule has 0 aliphatic carbocycles. The molecule has 5 aromatic rings. The Morgan fingerprint density at radius 2 is 1.59 bits per heavy atom. The Balaban J connectivity index is 1.72. The van der Waals surface area contributed by atoms with E-state index in [1.165, 1.54) is 0 Å². The third-order valence-corrected chi connectivity index (χ3v) is 5.87. The summed E-state index contributed by atoms with van der Waals surface area (Å²) < 4.78 is 2.05. The second kappa shape index (κ2) is 7.98. The molecular weight excluding hydrogens is 420 g/mol. The minimum absolute atomic E-state index is 0.0376. The zero-order chi connectivity index (χ0) is 22.2. The van der Waals surface area contributed by atoms with Crippen LogP contribution in [0.5, 0.6) is 0 Å². The zero-order valence-corrected chi connectivity index (χ0v) is 17.8. The summed E-state index contributed by atoms with van der Waals surface area (Å²) in [6, 6.07) is 29.0. The van der Waals surface area contributed by atoms with Crippen LogP contribution in [0.2, 0.25) is 5.02 Å². The number of ketones is 1. The van der Waals surface area contributed by atoms with Gasteiger partial charge in [-0.1, -0.05) is 72.3 Å². The van der Waals surface area contributed by atoms with Crippen molar-refractivity contribution in [1.29, 1.82) is 0 Å². The molecule has 1 amide bonds. The number of primary amides is 1. The van der Waals surface area contributed by atoms with E-state index < -0.39 is 5.91 Å². The van der Waals surface area contributed by atoms with E-state index in [9.17, 15) is 9.59 Å². The average Bonchev–Trinajstić information content (AvgIpc) is 3.12. The lowest BCUT2D eigenvalue weighted by Gasteiger charge is -2.12. The molecule has 1 heterocycles. The SMILES string of the molecule is NC(=O)c1cccc2c1c1[c]cc(Cl)cc1n2Cc1ccccc1C(=O)c1ccccc1. The van der Waals surface area contributed by atoms with Crippen molar-refractivity contribution in [3.8, 4) is 0 Å². The molecule has 32 heavy (non-hydrogen) atoms. The third-order valence-electron chi connectivity index (χ3n) is 5.65. The highest BCUT2D eigenvalue weighted by Gasteiger charge is 2.19. The van der Waals surface area contributed by atoms with Crippen LogP contribution in [0.25, 0.3) is 21.8 Å². The number of carbonyl (C=O) groups is 2. The number of aromatic nitrogens is 1. The van der Waals surface area contributed by atoms with Gasteiger partial charge < -0.3 is 10.3 Å². The number of rotatable bonds is 5. The summed E-state index contributed by atoms with van der Waals surface area (Å²) in [4.78, 5) is 25.3. The topological polar surface area (TPSA) is 65.1 Å². The van der Waals surface area contributed by atoms with Gasteiger partial charge in [0, 0.05) is 39.0 Å². The maximum absolute atomic E-state index is 13.2. The van der Waals surface area contributed by atoms with Crippen LogP contribution in [-0.2, 0) is 6.54 Å². The van der Waals surface area contributed by atoms with Gasteiger partial charge in [-0.2, -0.15) is 0 Å². The van der Waals surface area contributed by atoms with E-state index in [0.717, 1.165) is 27.4 Å². The van der Waals surface area contributed by atoms with Crippen molar-refractivity contribution in [3.05, 3.63) is 118 Å². The first-order valence-corrected chi connectivity index (χ1v) is 10.5. The van der Waals surface area contributed by atoms with Gasteiger partial charge >= 0.3 is 0 Å². The van der Waals surface area contributed by atoms with E-state index in [4.69, 9.17) is 17.3 Å². The lowest BCUT2D eigenvalue weighted by Crippen LogP contribution is -2.11. The predicted octanol–water partition coefficient (Wildman–Crippen LogP) is 5.63. The van der Waals surface area contributed by atoms with Crippen LogP contribution >= 0.6 is 11.6 Å². The Morgan fingerprint density at radius 1 is 0.875 bits per heavy atom. The molecule has 0 aliphatic rings. The molecule has 4 nitrogen and oxygen atoms in total. The number of benzene rings is 4. The lowest BCUT2D eigenvalue weighted by atomic mass is 9.98. The van der Waals surface area contributed by atoms with Crippen LogP contribution in [0.1, 0.15) is 31.8 Å². The van der Waals surface area contributed by atoms with Crippen LogP contribution in [0, 0.1) is 6.07 Å². The third kappa shape index (κ3) is 3.35. The molecule has 4 aromatic carbocycles. The molecule has 0 aliphatic heterocycles. The van der Waals surface area contributed by atoms with E-state index >= 15 is 0 Å². The van der Waals surface area contributed by atoms with Crippen molar-refractivity contribution in [2.24, 2.45) is 5.73 Å². The van der Waals surface area contributed by atoms with Gasteiger partial charge in [-0.25, -0.2) is 0 Å². The van der Waals surface area contributed by atoms with E-state index in [-0.39, 0.29) is 5.78 Å². The monoisotopic (exact) mass is 437 g/mol. The van der Waals surface area contributed by atoms with Crippen molar-refractivity contribution < 1.29 is 9.59 Å². The fourth-order valence-corrected chi connectivity index (χ4v) is 4.36. The first-order valence-electron chi connectivity index (χ1n) is 10.1. The molecule has 155 valence electrons. The van der Waals surface area contributed by atoms with Crippen LogP contribution in [0.15, 0.2) is 84.9 Å². The quantitative estimate of drug-likeness (QED) is 0.362. The maximum Gasteiger partial charge on any atom is 0.249 e. The Morgan fingerprint density at radius 3 is 2.38 bits per heavy atom. The summed E-state index contributed by atoms with van der Waals surface area (Å²) in [5.74, 6) is -0.540. The first-order chi connectivity index (χ1) is 15.5. The van der Waals surface area contributed by atoms with Crippen LogP contribution in [0.4, 0.5) is 0 Å². The van der Waals surface area contributed by atoms with Gasteiger partial charge in [0.25, 0.3) is 0 Å². The molecule has 0 saturated heterocycles. The van der Waals surface area contributed by atoms with E-state index in [0.29, 0.717) is 28.3 Å². The van der Waals surface area contributed by atoms with Gasteiger partial charge in [-0.15, -0.1) is 0 Å². The van der Waals surface area contributed by atoms with Crippen molar-refractivity contribution in [3.63, 3.8) is 0 Å². The van der Waals surface area contributed by atoms with Gasteiger partial charge in [-0.3, -0.25) is 9.59 Å². The predicted molar refractivity (Wildman–Crippen MR) is 127 cm³/mol. The first kappa shape index (κ1) is 20.0. The Bertz CT molecular complexity index is 1500. The van der Waals surface area contributed by atoms with Crippen LogP contribution in [-0.4, -0.2) is 16.3 Å². The number of nitrogens with two attached hydrogens (primary N) is 1. The van der Waals surface area contributed by atoms with Crippen LogP contribution in [0.3, 0.4) is 0 Å². The standard InChI is InChI=1S/C27H18ClN2O2/c28-19-13-14-21-24(15-19)30(23-12-6-11-22(25(21)23)27(29)32)16-18-9-4-5-10-20(18)26(31)17-7-2-1-3-8-17/h1-13,15H,16H2,(H2,29,32). The van der Waals surface area contributed by atoms with Gasteiger partial charge in [-0.05, 0) is 35.9 Å². The minimum atomic E-state index is -0.502. The zero-order valence-electron chi connectivity index (χ0n) is 17.0. The lowest BCUT2D eigenvalue weighted by molar-refractivity contribution is 0.1000. The number of nitrogens with zero attached hydrogens (tertiary/aromatic N) is 1. The van der Waals surface area contributed by atoms with Gasteiger partial charge in [0.1, 0.15) is 0 Å². The molecule has 1 radical (unpaired) electrons. The smallest absolute Gasteiger partial charge is 0.249 e. The van der Waals surface area contributed by atoms with Crippen LogP contribution < -0.4 is 5.73 Å².